The molecule has 20 heavy (non-hydrogen) atoms. The summed E-state index contributed by atoms with van der Waals surface area (Å²) >= 11 is 5.19. The van der Waals surface area contributed by atoms with Crippen LogP contribution >= 0.6 is 27.3 Å². The highest BCUT2D eigenvalue weighted by molar-refractivity contribution is 9.11. The van der Waals surface area contributed by atoms with Gasteiger partial charge in [0.15, 0.2) is 0 Å². The first-order valence-electron chi connectivity index (χ1n) is 7.04. The van der Waals surface area contributed by atoms with Crippen LogP contribution in [0.25, 0.3) is 0 Å². The Labute approximate surface area is 133 Å². The maximum Gasteiger partial charge on any atom is 0.234 e. The summed E-state index contributed by atoms with van der Waals surface area (Å²) in [6, 6.07) is 4.24. The Hall–Kier alpha value is -0.430. The minimum absolute atomic E-state index is 0.0231. The van der Waals surface area contributed by atoms with Gasteiger partial charge in [0.25, 0.3) is 0 Å². The topological polar surface area (TPSA) is 58.4 Å². The Bertz CT molecular complexity index is 424. The van der Waals surface area contributed by atoms with Crippen LogP contribution in [0.2, 0.25) is 0 Å². The molecule has 2 atom stereocenters. The van der Waals surface area contributed by atoms with Gasteiger partial charge in [-0.15, -0.1) is 11.3 Å². The van der Waals surface area contributed by atoms with Crippen LogP contribution in [0.3, 0.4) is 0 Å². The van der Waals surface area contributed by atoms with Crippen molar-refractivity contribution < 1.29 is 4.79 Å². The molecule has 0 aliphatic rings. The molecule has 4 nitrogen and oxygen atoms in total. The van der Waals surface area contributed by atoms with Crippen molar-refractivity contribution in [2.75, 3.05) is 19.6 Å². The van der Waals surface area contributed by atoms with Gasteiger partial charge in [0.1, 0.15) is 0 Å². The van der Waals surface area contributed by atoms with Crippen molar-refractivity contribution >= 4 is 33.2 Å². The minimum atomic E-state index is 0.0231. The number of rotatable bonds is 8. The number of thiophene rings is 1. The zero-order valence-electron chi connectivity index (χ0n) is 12.4. The van der Waals surface area contributed by atoms with Crippen molar-refractivity contribution in [2.45, 2.75) is 39.3 Å². The van der Waals surface area contributed by atoms with Gasteiger partial charge in [0, 0.05) is 17.5 Å². The lowest BCUT2D eigenvalue weighted by molar-refractivity contribution is -0.122. The molecule has 0 saturated heterocycles. The molecule has 0 aromatic carbocycles. The fourth-order valence-electron chi connectivity index (χ4n) is 2.22. The van der Waals surface area contributed by atoms with Crippen LogP contribution in [0.1, 0.15) is 38.1 Å². The number of amides is 1. The number of nitrogens with one attached hydrogen (secondary N) is 1. The molecule has 0 saturated carbocycles. The maximum atomic E-state index is 11.9. The zero-order chi connectivity index (χ0) is 15.1. The molecule has 0 aliphatic carbocycles. The zero-order valence-corrected chi connectivity index (χ0v) is 14.8. The van der Waals surface area contributed by atoms with E-state index in [0.29, 0.717) is 13.1 Å². The second kappa shape index (κ2) is 8.77. The van der Waals surface area contributed by atoms with E-state index in [-0.39, 0.29) is 18.0 Å². The monoisotopic (exact) mass is 361 g/mol. The highest BCUT2D eigenvalue weighted by Gasteiger charge is 2.27. The Morgan fingerprint density at radius 3 is 2.60 bits per heavy atom. The fraction of sp³-hybridized carbons (Fsp3) is 0.643. The van der Waals surface area contributed by atoms with Crippen LogP contribution in [0, 0.1) is 0 Å². The summed E-state index contributed by atoms with van der Waals surface area (Å²) in [5.74, 6) is 0.0540. The van der Waals surface area contributed by atoms with Gasteiger partial charge in [-0.1, -0.05) is 13.8 Å². The lowest BCUT2D eigenvalue weighted by Crippen LogP contribution is -2.45. The second-order valence-corrected chi connectivity index (χ2v) is 7.17. The third-order valence-corrected chi connectivity index (χ3v) is 4.98. The average molecular weight is 362 g/mol. The molecule has 3 N–H and O–H groups in total. The van der Waals surface area contributed by atoms with Crippen molar-refractivity contribution in [1.82, 2.24) is 10.2 Å². The largest absolute Gasteiger partial charge is 0.355 e. The number of carbonyl (C=O) groups is 1. The van der Waals surface area contributed by atoms with E-state index in [1.54, 1.807) is 11.3 Å². The van der Waals surface area contributed by atoms with E-state index >= 15 is 0 Å². The summed E-state index contributed by atoms with van der Waals surface area (Å²) in [4.78, 5) is 15.2. The molecular weight excluding hydrogens is 338 g/mol. The van der Waals surface area contributed by atoms with Gasteiger partial charge < -0.3 is 11.1 Å². The molecule has 0 bridgehead atoms. The average Bonchev–Trinajstić information content (AvgIpc) is 2.84. The predicted octanol–water partition coefficient (Wildman–Crippen LogP) is 2.75. The van der Waals surface area contributed by atoms with Gasteiger partial charge in [-0.05, 0) is 48.0 Å². The van der Waals surface area contributed by atoms with Gasteiger partial charge in [-0.3, -0.25) is 9.69 Å². The number of halogens is 1. The van der Waals surface area contributed by atoms with E-state index in [2.05, 4.69) is 46.1 Å². The molecule has 0 aliphatic heterocycles. The van der Waals surface area contributed by atoms with Crippen LogP contribution in [-0.4, -0.2) is 36.5 Å². The summed E-state index contributed by atoms with van der Waals surface area (Å²) < 4.78 is 1.09. The van der Waals surface area contributed by atoms with Gasteiger partial charge >= 0.3 is 0 Å². The molecule has 1 aromatic heterocycles. The quantitative estimate of drug-likeness (QED) is 0.748. The number of nitrogens with zero attached hydrogens (tertiary/aromatic N) is 1. The third kappa shape index (κ3) is 4.84. The maximum absolute atomic E-state index is 11.9. The molecule has 0 radical (unpaired) electrons. The first-order chi connectivity index (χ1) is 9.53. The fourth-order valence-corrected chi connectivity index (χ4v) is 3.85. The van der Waals surface area contributed by atoms with Crippen LogP contribution in [0.15, 0.2) is 15.9 Å². The number of nitrogens with two attached hydrogens (primary N) is 1. The molecular formula is C14H24BrN3OS. The number of carbonyl (C=O) groups excluding carboxylic acids is 1. The first-order valence-corrected chi connectivity index (χ1v) is 8.65. The van der Waals surface area contributed by atoms with E-state index in [9.17, 15) is 4.79 Å². The Balaban J connectivity index is 2.92. The molecule has 114 valence electrons. The van der Waals surface area contributed by atoms with Crippen LogP contribution in [0.4, 0.5) is 0 Å². The van der Waals surface area contributed by atoms with Crippen molar-refractivity contribution in [2.24, 2.45) is 5.73 Å². The van der Waals surface area contributed by atoms with Gasteiger partial charge in [-0.2, -0.15) is 0 Å². The van der Waals surface area contributed by atoms with Crippen molar-refractivity contribution in [3.8, 4) is 0 Å². The molecule has 1 aromatic rings. The predicted molar refractivity (Wildman–Crippen MR) is 89.0 cm³/mol. The van der Waals surface area contributed by atoms with Crippen molar-refractivity contribution in [3.05, 3.63) is 20.8 Å². The summed E-state index contributed by atoms with van der Waals surface area (Å²) in [7, 11) is 0. The van der Waals surface area contributed by atoms with E-state index in [4.69, 9.17) is 5.73 Å². The molecule has 1 rings (SSSR count). The number of hydrogen-bond acceptors (Lipinski definition) is 4. The Morgan fingerprint density at radius 1 is 1.45 bits per heavy atom. The third-order valence-electron chi connectivity index (χ3n) is 3.28. The lowest BCUT2D eigenvalue weighted by atomic mass is 10.0. The summed E-state index contributed by atoms with van der Waals surface area (Å²) in [5, 5.41) is 2.85. The van der Waals surface area contributed by atoms with Gasteiger partial charge in [-0.25, -0.2) is 0 Å². The number of hydrogen-bond donors (Lipinski definition) is 2. The molecule has 1 heterocycles. The molecule has 0 fully saturated rings. The van der Waals surface area contributed by atoms with E-state index in [0.717, 1.165) is 16.8 Å². The van der Waals surface area contributed by atoms with Crippen LogP contribution < -0.4 is 11.1 Å². The second-order valence-electron chi connectivity index (χ2n) is 4.68. The molecule has 2 unspecified atom stereocenters. The Morgan fingerprint density at radius 2 is 2.15 bits per heavy atom. The van der Waals surface area contributed by atoms with Gasteiger partial charge in [0.2, 0.25) is 5.91 Å². The minimum Gasteiger partial charge on any atom is -0.355 e. The van der Waals surface area contributed by atoms with E-state index < -0.39 is 0 Å². The van der Waals surface area contributed by atoms with Crippen LogP contribution in [0.5, 0.6) is 0 Å². The number of likely N-dealkylation sites (N-methyl/N-ethyl adjacent to an activating group) is 2. The molecule has 1 amide bonds. The smallest absolute Gasteiger partial charge is 0.234 e. The summed E-state index contributed by atoms with van der Waals surface area (Å²) in [5.41, 5.74) is 6.30. The molecule has 6 heteroatoms. The van der Waals surface area contributed by atoms with E-state index in [1.807, 2.05) is 13.0 Å². The van der Waals surface area contributed by atoms with Crippen molar-refractivity contribution in [1.29, 1.82) is 0 Å². The highest BCUT2D eigenvalue weighted by atomic mass is 79.9. The van der Waals surface area contributed by atoms with E-state index in [1.165, 1.54) is 4.88 Å². The first kappa shape index (κ1) is 17.6. The highest BCUT2D eigenvalue weighted by Crippen LogP contribution is 2.33. The standard InChI is InChI=1S/C14H24BrN3OS/c1-4-10(16)14(11-7-8-12(15)20-11)18(6-3)9-13(19)17-5-2/h7-8,10,14H,4-6,9,16H2,1-3H3,(H,17,19). The molecule has 0 spiro atoms. The van der Waals surface area contributed by atoms with Crippen LogP contribution in [-0.2, 0) is 4.79 Å². The summed E-state index contributed by atoms with van der Waals surface area (Å²) in [6.45, 7) is 7.92. The normalized spacial score (nSPS) is 14.3. The Kier molecular flexibility index (Phi) is 7.72. The van der Waals surface area contributed by atoms with Gasteiger partial charge in [0.05, 0.1) is 16.4 Å². The SMILES string of the molecule is CCNC(=O)CN(CC)C(c1ccc(Br)s1)C(N)CC. The lowest BCUT2D eigenvalue weighted by Gasteiger charge is -2.33. The van der Waals surface area contributed by atoms with Crippen molar-refractivity contribution in [3.63, 3.8) is 0 Å². The summed E-state index contributed by atoms with van der Waals surface area (Å²) in [6.07, 6.45) is 0.881.